The third kappa shape index (κ3) is 4.69. The van der Waals surface area contributed by atoms with E-state index in [1.807, 2.05) is 0 Å². The lowest BCUT2D eigenvalue weighted by Gasteiger charge is -2.23. The smallest absolute Gasteiger partial charge is 0.234 e. The Kier molecular flexibility index (Phi) is 5.70. The van der Waals surface area contributed by atoms with Gasteiger partial charge in [0.15, 0.2) is 0 Å². The number of sulfonamides is 1. The predicted octanol–water partition coefficient (Wildman–Crippen LogP) is 0.378. The summed E-state index contributed by atoms with van der Waals surface area (Å²) in [5.74, 6) is -0.550. The number of amides is 1. The Morgan fingerprint density at radius 2 is 1.62 bits per heavy atom. The van der Waals surface area contributed by atoms with Gasteiger partial charge in [0.25, 0.3) is 0 Å². The van der Waals surface area contributed by atoms with Crippen LogP contribution < -0.4 is 10.0 Å². The van der Waals surface area contributed by atoms with Crippen molar-refractivity contribution >= 4 is 27.3 Å². The van der Waals surface area contributed by atoms with Crippen molar-refractivity contribution in [3.05, 3.63) is 24.3 Å². The van der Waals surface area contributed by atoms with Gasteiger partial charge >= 0.3 is 0 Å². The monoisotopic (exact) mass is 316 g/mol. The minimum absolute atomic E-state index is 0.0309. The molecule has 118 valence electrons. The van der Waals surface area contributed by atoms with Crippen LogP contribution >= 0.6 is 0 Å². The molecule has 1 rings (SSSR count). The van der Waals surface area contributed by atoms with Crippen molar-refractivity contribution in [3.63, 3.8) is 0 Å². The van der Waals surface area contributed by atoms with Crippen LogP contribution in [0.3, 0.4) is 0 Å². The van der Waals surface area contributed by atoms with Crippen LogP contribution in [0.5, 0.6) is 0 Å². The number of rotatable bonds is 7. The molecule has 0 radical (unpaired) electrons. The Balaban J connectivity index is 2.78. The Morgan fingerprint density at radius 3 is 2.05 bits per heavy atom. The van der Waals surface area contributed by atoms with Crippen LogP contribution in [0.4, 0.5) is 11.4 Å². The van der Waals surface area contributed by atoms with Crippen molar-refractivity contribution in [3.8, 4) is 0 Å². The number of aliphatic hydroxyl groups excluding tert-OH is 2. The summed E-state index contributed by atoms with van der Waals surface area (Å²) >= 11 is 0. The molecule has 0 bridgehead atoms. The summed E-state index contributed by atoms with van der Waals surface area (Å²) in [4.78, 5) is 11.9. The van der Waals surface area contributed by atoms with Crippen LogP contribution in [-0.2, 0) is 14.8 Å². The van der Waals surface area contributed by atoms with Crippen LogP contribution in [0.15, 0.2) is 24.3 Å². The van der Waals surface area contributed by atoms with E-state index >= 15 is 0 Å². The SMILES string of the molecule is CCS(=O)(=O)Nc1ccc(NC(=O)C(C)(CO)CO)cc1. The van der Waals surface area contributed by atoms with Gasteiger partial charge in [0.2, 0.25) is 15.9 Å². The van der Waals surface area contributed by atoms with Crippen molar-refractivity contribution in [2.45, 2.75) is 13.8 Å². The van der Waals surface area contributed by atoms with E-state index in [2.05, 4.69) is 10.0 Å². The Morgan fingerprint density at radius 1 is 1.14 bits per heavy atom. The second kappa shape index (κ2) is 6.88. The van der Waals surface area contributed by atoms with E-state index in [1.54, 1.807) is 0 Å². The molecule has 0 saturated heterocycles. The largest absolute Gasteiger partial charge is 0.395 e. The van der Waals surface area contributed by atoms with E-state index in [0.29, 0.717) is 11.4 Å². The molecule has 0 fully saturated rings. The fraction of sp³-hybridized carbons (Fsp3) is 0.462. The third-order valence-corrected chi connectivity index (χ3v) is 4.35. The maximum absolute atomic E-state index is 11.9. The van der Waals surface area contributed by atoms with Gasteiger partial charge in [-0.3, -0.25) is 9.52 Å². The van der Waals surface area contributed by atoms with Gasteiger partial charge in [0.05, 0.1) is 24.4 Å². The molecule has 0 aliphatic rings. The van der Waals surface area contributed by atoms with Crippen LogP contribution in [-0.4, -0.2) is 43.5 Å². The number of carbonyl (C=O) groups is 1. The second-order valence-corrected chi connectivity index (χ2v) is 6.92. The van der Waals surface area contributed by atoms with Gasteiger partial charge < -0.3 is 15.5 Å². The van der Waals surface area contributed by atoms with Gasteiger partial charge in [-0.05, 0) is 38.1 Å². The molecule has 0 unspecified atom stereocenters. The lowest BCUT2D eigenvalue weighted by Crippen LogP contribution is -2.39. The Bertz CT molecular complexity index is 579. The lowest BCUT2D eigenvalue weighted by atomic mass is 9.92. The van der Waals surface area contributed by atoms with Crippen LogP contribution in [0, 0.1) is 5.41 Å². The number of hydrogen-bond donors (Lipinski definition) is 4. The minimum atomic E-state index is -3.34. The standard InChI is InChI=1S/C13H20N2O5S/c1-3-21(19,20)15-11-6-4-10(5-7-11)14-12(18)13(2,8-16)9-17/h4-7,15-17H,3,8-9H2,1-2H3,(H,14,18). The summed E-state index contributed by atoms with van der Waals surface area (Å²) < 4.78 is 25.2. The summed E-state index contributed by atoms with van der Waals surface area (Å²) in [7, 11) is -3.34. The Labute approximate surface area is 124 Å². The average Bonchev–Trinajstić information content (AvgIpc) is 2.48. The molecule has 4 N–H and O–H groups in total. The molecule has 0 spiro atoms. The first-order chi connectivity index (χ1) is 9.76. The molecule has 21 heavy (non-hydrogen) atoms. The van der Waals surface area contributed by atoms with Crippen LogP contribution in [0.2, 0.25) is 0 Å². The highest BCUT2D eigenvalue weighted by atomic mass is 32.2. The highest BCUT2D eigenvalue weighted by molar-refractivity contribution is 7.92. The van der Waals surface area contributed by atoms with Crippen molar-refractivity contribution in [2.75, 3.05) is 29.0 Å². The molecule has 0 aliphatic carbocycles. The van der Waals surface area contributed by atoms with Crippen molar-refractivity contribution in [1.29, 1.82) is 0 Å². The molecule has 1 aromatic carbocycles. The number of nitrogens with one attached hydrogen (secondary N) is 2. The normalized spacial score (nSPS) is 12.0. The summed E-state index contributed by atoms with van der Waals surface area (Å²) in [6, 6.07) is 6.08. The van der Waals surface area contributed by atoms with Crippen LogP contribution in [0.25, 0.3) is 0 Å². The molecule has 0 atom stereocenters. The van der Waals surface area contributed by atoms with Gasteiger partial charge in [-0.25, -0.2) is 8.42 Å². The minimum Gasteiger partial charge on any atom is -0.395 e. The molecule has 7 nitrogen and oxygen atoms in total. The number of aliphatic hydroxyl groups is 2. The van der Waals surface area contributed by atoms with Crippen molar-refractivity contribution < 1.29 is 23.4 Å². The fourth-order valence-electron chi connectivity index (χ4n) is 1.35. The first-order valence-electron chi connectivity index (χ1n) is 6.40. The number of hydrogen-bond acceptors (Lipinski definition) is 5. The average molecular weight is 316 g/mol. The maximum atomic E-state index is 11.9. The second-order valence-electron chi connectivity index (χ2n) is 4.91. The molecular formula is C13H20N2O5S. The zero-order chi connectivity index (χ0) is 16.1. The zero-order valence-corrected chi connectivity index (χ0v) is 12.8. The van der Waals surface area contributed by atoms with E-state index < -0.39 is 34.6 Å². The quantitative estimate of drug-likeness (QED) is 0.580. The number of benzene rings is 1. The molecule has 1 amide bonds. The van der Waals surface area contributed by atoms with E-state index in [9.17, 15) is 13.2 Å². The molecule has 8 heteroatoms. The Hall–Kier alpha value is -1.64. The lowest BCUT2D eigenvalue weighted by molar-refractivity contribution is -0.129. The van der Waals surface area contributed by atoms with E-state index in [4.69, 9.17) is 10.2 Å². The molecule has 0 saturated carbocycles. The summed E-state index contributed by atoms with van der Waals surface area (Å²) in [6.07, 6.45) is 0. The zero-order valence-electron chi connectivity index (χ0n) is 12.0. The topological polar surface area (TPSA) is 116 Å². The fourth-order valence-corrected chi connectivity index (χ4v) is 1.99. The van der Waals surface area contributed by atoms with Gasteiger partial charge in [0, 0.05) is 11.4 Å². The number of carbonyl (C=O) groups excluding carboxylic acids is 1. The third-order valence-electron chi connectivity index (χ3n) is 3.04. The van der Waals surface area contributed by atoms with Gasteiger partial charge in [0.1, 0.15) is 0 Å². The van der Waals surface area contributed by atoms with Crippen molar-refractivity contribution in [2.24, 2.45) is 5.41 Å². The maximum Gasteiger partial charge on any atom is 0.234 e. The number of anilines is 2. The van der Waals surface area contributed by atoms with Gasteiger partial charge in [-0.1, -0.05) is 0 Å². The van der Waals surface area contributed by atoms with E-state index in [-0.39, 0.29) is 5.75 Å². The molecule has 0 aromatic heterocycles. The molecule has 0 heterocycles. The molecule has 1 aromatic rings. The highest BCUT2D eigenvalue weighted by Crippen LogP contribution is 2.20. The first-order valence-corrected chi connectivity index (χ1v) is 8.05. The predicted molar refractivity (Wildman–Crippen MR) is 80.4 cm³/mol. The summed E-state index contributed by atoms with van der Waals surface area (Å²) in [6.45, 7) is 2.00. The highest BCUT2D eigenvalue weighted by Gasteiger charge is 2.31. The summed E-state index contributed by atoms with van der Waals surface area (Å²) in [5, 5.41) is 20.8. The molecule has 0 aliphatic heterocycles. The van der Waals surface area contributed by atoms with Gasteiger partial charge in [-0.15, -0.1) is 0 Å². The van der Waals surface area contributed by atoms with Crippen molar-refractivity contribution in [1.82, 2.24) is 0 Å². The van der Waals surface area contributed by atoms with E-state index in [1.165, 1.54) is 38.1 Å². The first kappa shape index (κ1) is 17.4. The summed E-state index contributed by atoms with van der Waals surface area (Å²) in [5.41, 5.74) is -0.447. The molecular weight excluding hydrogens is 296 g/mol. The van der Waals surface area contributed by atoms with E-state index in [0.717, 1.165) is 0 Å². The van der Waals surface area contributed by atoms with Gasteiger partial charge in [-0.2, -0.15) is 0 Å². The van der Waals surface area contributed by atoms with Crippen LogP contribution in [0.1, 0.15) is 13.8 Å².